The van der Waals surface area contributed by atoms with Crippen LogP contribution in [0.25, 0.3) is 56.1 Å². The second kappa shape index (κ2) is 13.4. The molecule has 0 radical (unpaired) electrons. The molecular weight excluding hydrogens is 707 g/mol. The first kappa shape index (κ1) is 33.5. The van der Waals surface area contributed by atoms with Crippen molar-refractivity contribution >= 4 is 20.6 Å². The van der Waals surface area contributed by atoms with Crippen molar-refractivity contribution in [3.8, 4) is 45.3 Å². The van der Waals surface area contributed by atoms with Crippen molar-refractivity contribution in [2.24, 2.45) is 0 Å². The topological polar surface area (TPSA) is 72.8 Å². The van der Waals surface area contributed by atoms with Gasteiger partial charge in [-0.1, -0.05) is 182 Å². The molecule has 8 aromatic carbocycles. The van der Waals surface area contributed by atoms with E-state index in [2.05, 4.69) is 78.9 Å². The summed E-state index contributed by atoms with van der Waals surface area (Å²) in [5.41, 5.74) is 7.15. The fraction of sp³-hybridized carbons (Fsp3) is 0.0200. The molecule has 10 rings (SSSR count). The van der Waals surface area contributed by atoms with Gasteiger partial charge in [0, 0.05) is 16.7 Å². The first-order chi connectivity index (χ1) is 27.5. The van der Waals surface area contributed by atoms with Crippen LogP contribution in [0.5, 0.6) is 0 Å². The van der Waals surface area contributed by atoms with Gasteiger partial charge in [0.15, 0.2) is 17.5 Å². The van der Waals surface area contributed by atoms with E-state index in [1.54, 1.807) is 24.3 Å². The van der Waals surface area contributed by atoms with Crippen molar-refractivity contribution in [2.75, 3.05) is 0 Å². The summed E-state index contributed by atoms with van der Waals surface area (Å²) in [6, 6.07) is 66.3. The smallest absolute Gasteiger partial charge is 0.207 e. The molecule has 266 valence electrons. The van der Waals surface area contributed by atoms with Gasteiger partial charge < -0.3 is 0 Å². The van der Waals surface area contributed by atoms with Crippen molar-refractivity contribution in [3.05, 3.63) is 222 Å². The van der Waals surface area contributed by atoms with Crippen LogP contribution in [0.1, 0.15) is 22.3 Å². The molecule has 9 aromatic rings. The maximum absolute atomic E-state index is 14.2. The van der Waals surface area contributed by atoms with Crippen LogP contribution in [0.2, 0.25) is 0 Å². The Morgan fingerprint density at radius 1 is 0.357 bits per heavy atom. The monoisotopic (exact) mass is 739 g/mol. The molecule has 0 fully saturated rings. The van der Waals surface area contributed by atoms with E-state index in [0.29, 0.717) is 27.3 Å². The Morgan fingerprint density at radius 3 is 1.45 bits per heavy atom. The van der Waals surface area contributed by atoms with Crippen LogP contribution >= 0.6 is 0 Å². The van der Waals surface area contributed by atoms with Gasteiger partial charge in [-0.15, -0.1) is 0 Å². The van der Waals surface area contributed by atoms with E-state index in [-0.39, 0.29) is 0 Å². The van der Waals surface area contributed by atoms with Gasteiger partial charge in [-0.05, 0) is 62.4 Å². The second-order valence-corrected chi connectivity index (χ2v) is 15.9. The normalized spacial score (nSPS) is 13.8. The highest BCUT2D eigenvalue weighted by atomic mass is 32.2. The average Bonchev–Trinajstić information content (AvgIpc) is 3.27. The van der Waals surface area contributed by atoms with Crippen molar-refractivity contribution < 1.29 is 8.42 Å². The summed E-state index contributed by atoms with van der Waals surface area (Å²) in [6.07, 6.45) is 0. The van der Waals surface area contributed by atoms with Crippen molar-refractivity contribution in [1.82, 2.24) is 15.0 Å². The molecule has 1 aromatic heterocycles. The molecule has 1 aliphatic heterocycles. The molecular formula is C50H33N3O2S. The molecule has 56 heavy (non-hydrogen) atoms. The third kappa shape index (κ3) is 5.37. The summed E-state index contributed by atoms with van der Waals surface area (Å²) in [6.45, 7) is 0. The Morgan fingerprint density at radius 2 is 0.804 bits per heavy atom. The predicted octanol–water partition coefficient (Wildman–Crippen LogP) is 11.2. The Bertz CT molecular complexity index is 2980. The average molecular weight is 740 g/mol. The van der Waals surface area contributed by atoms with Crippen molar-refractivity contribution in [1.29, 1.82) is 0 Å². The molecule has 5 nitrogen and oxygen atoms in total. The van der Waals surface area contributed by atoms with E-state index < -0.39 is 15.3 Å². The molecule has 0 spiro atoms. The number of benzene rings is 8. The zero-order valence-electron chi connectivity index (χ0n) is 30.1. The summed E-state index contributed by atoms with van der Waals surface area (Å²) in [4.78, 5) is 15.6. The van der Waals surface area contributed by atoms with Gasteiger partial charge in [0.1, 0.15) is 0 Å². The maximum atomic E-state index is 14.2. The molecule has 0 bridgehead atoms. The molecule has 0 saturated heterocycles. The minimum Gasteiger partial charge on any atom is -0.218 e. The second-order valence-electron chi connectivity index (χ2n) is 14.0. The third-order valence-corrected chi connectivity index (χ3v) is 12.7. The van der Waals surface area contributed by atoms with Crippen LogP contribution in [-0.2, 0) is 15.3 Å². The zero-order valence-corrected chi connectivity index (χ0v) is 30.9. The number of aromatic nitrogens is 3. The zero-order chi connectivity index (χ0) is 37.7. The maximum Gasteiger partial charge on any atom is 0.207 e. The van der Waals surface area contributed by atoms with E-state index in [1.807, 2.05) is 97.1 Å². The van der Waals surface area contributed by atoms with Gasteiger partial charge in [0.25, 0.3) is 0 Å². The van der Waals surface area contributed by atoms with Crippen molar-refractivity contribution in [3.63, 3.8) is 0 Å². The van der Waals surface area contributed by atoms with Crippen molar-refractivity contribution in [2.45, 2.75) is 15.2 Å². The Hall–Kier alpha value is -7.02. The summed E-state index contributed by atoms with van der Waals surface area (Å²) in [7, 11) is -3.78. The van der Waals surface area contributed by atoms with E-state index in [4.69, 9.17) is 15.0 Å². The quantitative estimate of drug-likeness (QED) is 0.170. The number of hydrogen-bond donors (Lipinski definition) is 0. The molecule has 0 N–H and O–H groups in total. The lowest BCUT2D eigenvalue weighted by molar-refractivity contribution is 0.579. The van der Waals surface area contributed by atoms with Gasteiger partial charge in [0.2, 0.25) is 9.84 Å². The van der Waals surface area contributed by atoms with E-state index in [1.165, 1.54) is 0 Å². The minimum absolute atomic E-state index is 0.318. The molecule has 2 heterocycles. The first-order valence-electron chi connectivity index (χ1n) is 18.5. The molecule has 0 atom stereocenters. The van der Waals surface area contributed by atoms with Gasteiger partial charge >= 0.3 is 0 Å². The highest BCUT2D eigenvalue weighted by molar-refractivity contribution is 7.91. The van der Waals surface area contributed by atoms with Crippen LogP contribution in [0.15, 0.2) is 210 Å². The molecule has 0 aliphatic carbocycles. The van der Waals surface area contributed by atoms with Crippen LogP contribution in [0, 0.1) is 0 Å². The number of rotatable bonds is 6. The lowest BCUT2D eigenvalue weighted by Crippen LogP contribution is -2.38. The van der Waals surface area contributed by atoms with Gasteiger partial charge in [-0.25, -0.2) is 23.4 Å². The van der Waals surface area contributed by atoms with Crippen LogP contribution in [-0.4, -0.2) is 23.4 Å². The number of hydrogen-bond acceptors (Lipinski definition) is 5. The predicted molar refractivity (Wildman–Crippen MR) is 223 cm³/mol. The fourth-order valence-corrected chi connectivity index (χ4v) is 10.0. The standard InChI is InChI=1S/C50H33N3O2S/c54-56(55)45-25-13-11-23-43(45)50(40-19-5-2-6-20-40,44-24-12-14-26-46(44)56)42-22-10-9-21-41(42)35-28-30-37(31-29-35)48-51-47(36-16-3-1-4-17-36)52-49(53-48)39-32-27-34-15-7-8-18-38(34)33-39/h1-33H. The lowest BCUT2D eigenvalue weighted by atomic mass is 9.63. The van der Waals surface area contributed by atoms with E-state index in [9.17, 15) is 8.42 Å². The summed E-state index contributed by atoms with van der Waals surface area (Å²) in [5.74, 6) is 1.77. The fourth-order valence-electron chi connectivity index (χ4n) is 8.27. The highest BCUT2D eigenvalue weighted by Gasteiger charge is 2.49. The van der Waals surface area contributed by atoms with Crippen LogP contribution in [0.3, 0.4) is 0 Å². The molecule has 1 aliphatic rings. The Balaban J connectivity index is 1.15. The molecule has 0 amide bonds. The van der Waals surface area contributed by atoms with Crippen LogP contribution < -0.4 is 0 Å². The van der Waals surface area contributed by atoms with Gasteiger partial charge in [-0.3, -0.25) is 0 Å². The minimum atomic E-state index is -3.78. The number of fused-ring (bicyclic) bond motifs is 3. The number of sulfone groups is 1. The van der Waals surface area contributed by atoms with E-state index in [0.717, 1.165) is 60.8 Å². The van der Waals surface area contributed by atoms with Gasteiger partial charge in [0.05, 0.1) is 15.2 Å². The summed E-state index contributed by atoms with van der Waals surface area (Å²) >= 11 is 0. The first-order valence-corrected chi connectivity index (χ1v) is 20.0. The Kier molecular flexibility index (Phi) is 8.01. The lowest BCUT2D eigenvalue weighted by Gasteiger charge is -2.42. The van der Waals surface area contributed by atoms with E-state index >= 15 is 0 Å². The SMILES string of the molecule is O=S1(=O)c2ccccc2C(c2ccccc2)(c2ccccc2-c2ccc(-c3nc(-c4ccccc4)nc(-c4ccc5ccccc5c4)n3)cc2)c2ccccc21. The number of nitrogens with zero attached hydrogens (tertiary/aromatic N) is 3. The van der Waals surface area contributed by atoms with Gasteiger partial charge in [-0.2, -0.15) is 0 Å². The Labute approximate surface area is 325 Å². The summed E-state index contributed by atoms with van der Waals surface area (Å²) in [5, 5.41) is 2.27. The molecule has 0 unspecified atom stereocenters. The largest absolute Gasteiger partial charge is 0.218 e. The molecule has 6 heteroatoms. The highest BCUT2D eigenvalue weighted by Crippen LogP contribution is 2.55. The summed E-state index contributed by atoms with van der Waals surface area (Å²) < 4.78 is 28.5. The third-order valence-electron chi connectivity index (χ3n) is 10.8. The molecule has 0 saturated carbocycles. The van der Waals surface area contributed by atoms with Crippen LogP contribution in [0.4, 0.5) is 0 Å².